The van der Waals surface area contributed by atoms with Crippen molar-refractivity contribution < 1.29 is 30.4 Å². The fourth-order valence-electron chi connectivity index (χ4n) is 9.65. The molecule has 0 aliphatic rings. The summed E-state index contributed by atoms with van der Waals surface area (Å²) in [5, 5.41) is 2.25. The molecule has 0 aliphatic heterocycles. The molecule has 0 aliphatic carbocycles. The largest absolute Gasteiger partial charge is 0.510 e. The molecule has 0 unspecified atom stereocenters. The molecule has 374 valence electrons. The summed E-state index contributed by atoms with van der Waals surface area (Å²) in [7, 11) is 0. The van der Waals surface area contributed by atoms with Gasteiger partial charge < -0.3 is 13.9 Å². The summed E-state index contributed by atoms with van der Waals surface area (Å²) >= 11 is 0. The van der Waals surface area contributed by atoms with E-state index in [2.05, 4.69) is 277 Å². The minimum Gasteiger partial charge on any atom is -0.510 e. The Kier molecular flexibility index (Phi) is 13.6. The summed E-state index contributed by atoms with van der Waals surface area (Å²) in [5.41, 5.74) is 12.5. The molecule has 0 N–H and O–H groups in total. The number of fused-ring (bicyclic) bond motifs is 3. The van der Waals surface area contributed by atoms with Gasteiger partial charge >= 0.3 is 0 Å². The minimum atomic E-state index is -0.436. The Bertz CT molecular complexity index is 3390. The molecular weight excluding hydrogens is 1060 g/mol. The SMILES string of the molecule is CC(C)(C)c1cc(-[n+]2[c-]n(-c3[c-]c(Oc4[c-]c5c(cc4)c4cc(C(C)(C)C)ccc4n5-c4cc(C(C)(C)C)ccn4)cc(C(C)(C)c4ccccc4)c3)c(C(C)(C)c3ccccc3)c2)cc(C(C)(C)C)c1.[Pt]. The standard InChI is InChI=1S/C66H72N4O.Pt/c1-61(2,3)46-27-30-57-56(38-46)55-29-28-53(41-58(55)70(57)60-39-47(31-32-67-60)62(4,5)6)71-54-37-50(65(13,14)44-23-19-17-20-24-44)36-52(40-54)69-43-68(42-59(69)66(15,16)45-25-21-18-22-26-45)51-34-48(63(7,8)9)33-49(35-51)64(10,11)12;/h17-39,42H,1-16H3;/q-2;. The van der Waals surface area contributed by atoms with Crippen molar-refractivity contribution in [2.45, 2.75) is 143 Å². The molecule has 0 fully saturated rings. The first kappa shape index (κ1) is 52.3. The molecule has 3 aromatic heterocycles. The third kappa shape index (κ3) is 10.2. The summed E-state index contributed by atoms with van der Waals surface area (Å²) in [5.74, 6) is 2.03. The van der Waals surface area contributed by atoms with E-state index in [1.807, 2.05) is 12.3 Å². The number of ether oxygens (including phenoxy) is 1. The zero-order chi connectivity index (χ0) is 51.1. The van der Waals surface area contributed by atoms with Gasteiger partial charge in [-0.1, -0.05) is 195 Å². The summed E-state index contributed by atoms with van der Waals surface area (Å²) in [6.45, 7) is 36.4. The van der Waals surface area contributed by atoms with E-state index in [0.717, 1.165) is 50.3 Å². The molecule has 9 rings (SSSR count). The number of aromatic nitrogens is 4. The summed E-state index contributed by atoms with van der Waals surface area (Å²) in [6, 6.07) is 55.9. The molecular formula is C66H72N4OPt-2. The number of pyridine rings is 1. The zero-order valence-electron chi connectivity index (χ0n) is 45.4. The van der Waals surface area contributed by atoms with Crippen LogP contribution < -0.4 is 9.30 Å². The molecule has 0 amide bonds. The molecule has 6 aromatic carbocycles. The quantitative estimate of drug-likeness (QED) is 0.107. The Labute approximate surface area is 444 Å². The number of benzene rings is 6. The molecule has 0 bridgehead atoms. The summed E-state index contributed by atoms with van der Waals surface area (Å²) < 4.78 is 13.7. The van der Waals surface area contributed by atoms with E-state index in [1.165, 1.54) is 33.4 Å². The van der Waals surface area contributed by atoms with Crippen LogP contribution in [0.5, 0.6) is 11.5 Å². The van der Waals surface area contributed by atoms with Gasteiger partial charge in [-0.25, -0.2) is 4.98 Å². The van der Waals surface area contributed by atoms with Gasteiger partial charge in [-0.3, -0.25) is 4.57 Å². The molecule has 72 heavy (non-hydrogen) atoms. The van der Waals surface area contributed by atoms with Crippen LogP contribution in [0.15, 0.2) is 146 Å². The average molecular weight is 1130 g/mol. The van der Waals surface area contributed by atoms with Crippen LogP contribution >= 0.6 is 0 Å². The molecule has 0 saturated heterocycles. The number of nitrogens with zero attached hydrogens (tertiary/aromatic N) is 4. The summed E-state index contributed by atoms with van der Waals surface area (Å²) in [6.07, 6.45) is 8.07. The van der Waals surface area contributed by atoms with Crippen LogP contribution in [0.25, 0.3) is 39.0 Å². The van der Waals surface area contributed by atoms with Crippen molar-refractivity contribution in [2.24, 2.45) is 0 Å². The van der Waals surface area contributed by atoms with Crippen molar-refractivity contribution in [2.75, 3.05) is 0 Å². The van der Waals surface area contributed by atoms with Crippen LogP contribution in [0.3, 0.4) is 0 Å². The van der Waals surface area contributed by atoms with Crippen molar-refractivity contribution >= 4 is 21.8 Å². The van der Waals surface area contributed by atoms with Gasteiger partial charge in [0.1, 0.15) is 5.82 Å². The van der Waals surface area contributed by atoms with Gasteiger partial charge in [0, 0.05) is 55.9 Å². The second-order valence-electron chi connectivity index (χ2n) is 24.8. The number of imidazole rings is 1. The van der Waals surface area contributed by atoms with E-state index >= 15 is 0 Å². The monoisotopic (exact) mass is 1130 g/mol. The molecule has 0 spiro atoms. The van der Waals surface area contributed by atoms with Gasteiger partial charge in [-0.15, -0.1) is 35.2 Å². The topological polar surface area (TPSA) is 35.9 Å². The van der Waals surface area contributed by atoms with Crippen LogP contribution in [0, 0.1) is 18.5 Å². The van der Waals surface area contributed by atoms with E-state index in [-0.39, 0.29) is 42.7 Å². The van der Waals surface area contributed by atoms with E-state index < -0.39 is 10.8 Å². The van der Waals surface area contributed by atoms with E-state index in [4.69, 9.17) is 9.72 Å². The zero-order valence-corrected chi connectivity index (χ0v) is 47.6. The number of hydrogen-bond acceptors (Lipinski definition) is 2. The van der Waals surface area contributed by atoms with Gasteiger partial charge in [0.25, 0.3) is 6.33 Å². The van der Waals surface area contributed by atoms with Crippen molar-refractivity contribution in [3.05, 3.63) is 209 Å². The first-order chi connectivity index (χ1) is 33.2. The maximum absolute atomic E-state index is 7.09. The molecule has 0 atom stereocenters. The molecule has 0 radical (unpaired) electrons. The Morgan fingerprint density at radius 2 is 1.04 bits per heavy atom. The van der Waals surface area contributed by atoms with Gasteiger partial charge in [-0.2, -0.15) is 12.1 Å². The van der Waals surface area contributed by atoms with Gasteiger partial charge in [0.2, 0.25) is 0 Å². The first-order valence-electron chi connectivity index (χ1n) is 25.3. The van der Waals surface area contributed by atoms with Gasteiger partial charge in [0.05, 0.1) is 11.4 Å². The van der Waals surface area contributed by atoms with Crippen LogP contribution in [-0.4, -0.2) is 14.1 Å². The van der Waals surface area contributed by atoms with Crippen LogP contribution in [0.2, 0.25) is 0 Å². The normalized spacial score (nSPS) is 12.9. The smallest absolute Gasteiger partial charge is 0.267 e. The Hall–Kier alpha value is -6.03. The number of rotatable bonds is 9. The van der Waals surface area contributed by atoms with Crippen molar-refractivity contribution in [3.8, 4) is 28.7 Å². The second kappa shape index (κ2) is 18.8. The average Bonchev–Trinajstić information content (AvgIpc) is 3.92. The maximum atomic E-state index is 7.09. The van der Waals surface area contributed by atoms with Gasteiger partial charge in [-0.05, 0) is 102 Å². The Morgan fingerprint density at radius 3 is 1.62 bits per heavy atom. The van der Waals surface area contributed by atoms with Crippen LogP contribution in [0.4, 0.5) is 0 Å². The molecule has 0 saturated carbocycles. The van der Waals surface area contributed by atoms with Crippen LogP contribution in [-0.2, 0) is 53.6 Å². The Balaban J connectivity index is 0.00000693. The predicted molar refractivity (Wildman–Crippen MR) is 294 cm³/mol. The first-order valence-corrected chi connectivity index (χ1v) is 25.3. The second-order valence-corrected chi connectivity index (χ2v) is 24.8. The molecule has 6 heteroatoms. The minimum absolute atomic E-state index is 0. The fraction of sp³-hybridized carbons (Fsp3) is 0.333. The molecule has 9 aromatic rings. The van der Waals surface area contributed by atoms with E-state index in [0.29, 0.717) is 11.5 Å². The van der Waals surface area contributed by atoms with Crippen molar-refractivity contribution in [3.63, 3.8) is 0 Å². The van der Waals surface area contributed by atoms with E-state index in [1.54, 1.807) is 0 Å². The Morgan fingerprint density at radius 1 is 0.472 bits per heavy atom. The molecule has 5 nitrogen and oxygen atoms in total. The third-order valence-corrected chi connectivity index (χ3v) is 14.6. The predicted octanol–water partition coefficient (Wildman–Crippen LogP) is 16.3. The number of hydrogen-bond donors (Lipinski definition) is 0. The maximum Gasteiger partial charge on any atom is 0.267 e. The summed E-state index contributed by atoms with van der Waals surface area (Å²) in [4.78, 5) is 4.99. The third-order valence-electron chi connectivity index (χ3n) is 14.6. The fourth-order valence-corrected chi connectivity index (χ4v) is 9.65. The van der Waals surface area contributed by atoms with E-state index in [9.17, 15) is 0 Å². The van der Waals surface area contributed by atoms with Gasteiger partial charge in [0.15, 0.2) is 0 Å². The van der Waals surface area contributed by atoms with Crippen molar-refractivity contribution in [1.82, 2.24) is 14.1 Å². The van der Waals surface area contributed by atoms with Crippen LogP contribution in [0.1, 0.15) is 155 Å². The van der Waals surface area contributed by atoms with Crippen molar-refractivity contribution in [1.29, 1.82) is 0 Å². The molecule has 3 heterocycles.